The molecule has 0 bridgehead atoms. The molecule has 0 aromatic rings. The fourth-order valence-corrected chi connectivity index (χ4v) is 2.50. The number of amides is 1. The van der Waals surface area contributed by atoms with Crippen molar-refractivity contribution in [3.05, 3.63) is 0 Å². The van der Waals surface area contributed by atoms with E-state index in [4.69, 9.17) is 0 Å². The Morgan fingerprint density at radius 3 is 2.72 bits per heavy atom. The maximum absolute atomic E-state index is 12.1. The monoisotopic (exact) mass is 256 g/mol. The van der Waals surface area contributed by atoms with Gasteiger partial charge in [-0.15, -0.1) is 0 Å². The van der Waals surface area contributed by atoms with E-state index in [2.05, 4.69) is 5.32 Å². The summed E-state index contributed by atoms with van der Waals surface area (Å²) in [6.45, 7) is 8.71. The Kier molecular flexibility index (Phi) is 6.09. The molecule has 4 nitrogen and oxygen atoms in total. The molecule has 2 N–H and O–H groups in total. The summed E-state index contributed by atoms with van der Waals surface area (Å²) in [5.74, 6) is 0.814. The molecule has 0 aromatic carbocycles. The van der Waals surface area contributed by atoms with Gasteiger partial charge in [0.15, 0.2) is 0 Å². The van der Waals surface area contributed by atoms with Gasteiger partial charge in [0.2, 0.25) is 5.91 Å². The lowest BCUT2D eigenvalue weighted by molar-refractivity contribution is -0.134. The summed E-state index contributed by atoms with van der Waals surface area (Å²) in [7, 11) is 0. The minimum absolute atomic E-state index is 0.171. The zero-order valence-corrected chi connectivity index (χ0v) is 12.0. The molecule has 4 heteroatoms. The highest BCUT2D eigenvalue weighted by atomic mass is 16.3. The number of carbonyl (C=O) groups is 1. The molecule has 1 aliphatic rings. The second-order valence-electron chi connectivity index (χ2n) is 5.97. The van der Waals surface area contributed by atoms with Crippen LogP contribution in [0.15, 0.2) is 0 Å². The average molecular weight is 256 g/mol. The van der Waals surface area contributed by atoms with Crippen LogP contribution in [0, 0.1) is 5.92 Å². The van der Waals surface area contributed by atoms with Crippen molar-refractivity contribution >= 4 is 5.91 Å². The molecule has 1 rings (SSSR count). The maximum atomic E-state index is 12.1. The van der Waals surface area contributed by atoms with Gasteiger partial charge in [-0.25, -0.2) is 0 Å². The summed E-state index contributed by atoms with van der Waals surface area (Å²) in [6, 6.07) is 0. The van der Waals surface area contributed by atoms with E-state index < -0.39 is 5.60 Å². The summed E-state index contributed by atoms with van der Waals surface area (Å²) in [6.07, 6.45) is 4.03. The molecule has 0 saturated carbocycles. The van der Waals surface area contributed by atoms with Crippen molar-refractivity contribution in [3.8, 4) is 0 Å². The minimum atomic E-state index is -0.807. The van der Waals surface area contributed by atoms with Crippen molar-refractivity contribution in [1.29, 1.82) is 0 Å². The maximum Gasteiger partial charge on any atom is 0.222 e. The van der Waals surface area contributed by atoms with Crippen molar-refractivity contribution in [2.24, 2.45) is 5.92 Å². The van der Waals surface area contributed by atoms with E-state index >= 15 is 0 Å². The van der Waals surface area contributed by atoms with Gasteiger partial charge in [0.1, 0.15) is 0 Å². The van der Waals surface area contributed by atoms with Crippen molar-refractivity contribution in [1.82, 2.24) is 10.2 Å². The van der Waals surface area contributed by atoms with E-state index in [1.54, 1.807) is 18.7 Å². The summed E-state index contributed by atoms with van der Waals surface area (Å²) in [5, 5.41) is 13.2. The average Bonchev–Trinajstić information content (AvgIpc) is 2.33. The molecule has 1 fully saturated rings. The smallest absolute Gasteiger partial charge is 0.222 e. The lowest BCUT2D eigenvalue weighted by Gasteiger charge is -2.29. The van der Waals surface area contributed by atoms with Gasteiger partial charge in [0, 0.05) is 19.5 Å². The SMILES string of the molecule is CCN(CC(C)(C)O)C(=O)CCC1CCCNC1. The Morgan fingerprint density at radius 2 is 2.22 bits per heavy atom. The summed E-state index contributed by atoms with van der Waals surface area (Å²) >= 11 is 0. The Hall–Kier alpha value is -0.610. The quantitative estimate of drug-likeness (QED) is 0.755. The fraction of sp³-hybridized carbons (Fsp3) is 0.929. The number of nitrogens with one attached hydrogen (secondary N) is 1. The zero-order valence-electron chi connectivity index (χ0n) is 12.0. The van der Waals surface area contributed by atoms with Gasteiger partial charge in [-0.2, -0.15) is 0 Å². The molecule has 1 amide bonds. The van der Waals surface area contributed by atoms with Gasteiger partial charge in [-0.3, -0.25) is 4.79 Å². The number of hydrogen-bond acceptors (Lipinski definition) is 3. The van der Waals surface area contributed by atoms with E-state index in [0.717, 1.165) is 19.5 Å². The van der Waals surface area contributed by atoms with Crippen molar-refractivity contribution < 1.29 is 9.90 Å². The van der Waals surface area contributed by atoms with E-state index in [1.807, 2.05) is 6.92 Å². The number of likely N-dealkylation sites (N-methyl/N-ethyl adjacent to an activating group) is 1. The molecule has 106 valence electrons. The summed E-state index contributed by atoms with van der Waals surface area (Å²) in [5.41, 5.74) is -0.807. The Morgan fingerprint density at radius 1 is 1.50 bits per heavy atom. The van der Waals surface area contributed by atoms with Gasteiger partial charge in [-0.05, 0) is 59.0 Å². The third kappa shape index (κ3) is 5.83. The number of carbonyl (C=O) groups excluding carboxylic acids is 1. The highest BCUT2D eigenvalue weighted by Crippen LogP contribution is 2.17. The minimum Gasteiger partial charge on any atom is -0.389 e. The third-order valence-electron chi connectivity index (χ3n) is 3.48. The van der Waals surface area contributed by atoms with Gasteiger partial charge in [-0.1, -0.05) is 0 Å². The topological polar surface area (TPSA) is 52.6 Å². The second kappa shape index (κ2) is 7.10. The molecule has 1 unspecified atom stereocenters. The molecule has 1 atom stereocenters. The number of rotatable bonds is 6. The zero-order chi connectivity index (χ0) is 13.6. The first kappa shape index (κ1) is 15.4. The summed E-state index contributed by atoms with van der Waals surface area (Å²) < 4.78 is 0. The molecular formula is C14H28N2O2. The van der Waals surface area contributed by atoms with Crippen LogP contribution in [0.4, 0.5) is 0 Å². The molecular weight excluding hydrogens is 228 g/mol. The fourth-order valence-electron chi connectivity index (χ4n) is 2.50. The Bertz CT molecular complexity index is 255. The molecule has 0 aromatic heterocycles. The van der Waals surface area contributed by atoms with E-state index in [9.17, 15) is 9.90 Å². The Balaban J connectivity index is 2.32. The van der Waals surface area contributed by atoms with Crippen LogP contribution in [0.25, 0.3) is 0 Å². The predicted molar refractivity (Wildman–Crippen MR) is 73.4 cm³/mol. The lowest BCUT2D eigenvalue weighted by Crippen LogP contribution is -2.42. The van der Waals surface area contributed by atoms with Gasteiger partial charge in [0.25, 0.3) is 0 Å². The van der Waals surface area contributed by atoms with Crippen LogP contribution < -0.4 is 5.32 Å². The van der Waals surface area contributed by atoms with Crippen LogP contribution in [0.1, 0.15) is 46.5 Å². The highest BCUT2D eigenvalue weighted by molar-refractivity contribution is 5.76. The second-order valence-corrected chi connectivity index (χ2v) is 5.97. The van der Waals surface area contributed by atoms with Crippen LogP contribution >= 0.6 is 0 Å². The van der Waals surface area contributed by atoms with Crippen molar-refractivity contribution in [2.45, 2.75) is 52.1 Å². The number of hydrogen-bond donors (Lipinski definition) is 2. The van der Waals surface area contributed by atoms with Gasteiger partial charge < -0.3 is 15.3 Å². The van der Waals surface area contributed by atoms with E-state index in [1.165, 1.54) is 12.8 Å². The number of nitrogens with zero attached hydrogens (tertiary/aromatic N) is 1. The predicted octanol–water partition coefficient (Wildman–Crippen LogP) is 1.39. The standard InChI is InChI=1S/C14H28N2O2/c1-4-16(11-14(2,3)18)13(17)8-7-12-6-5-9-15-10-12/h12,15,18H,4-11H2,1-3H3. The Labute approximate surface area is 111 Å². The van der Waals surface area contributed by atoms with E-state index in [0.29, 0.717) is 25.4 Å². The number of aliphatic hydroxyl groups is 1. The molecule has 1 heterocycles. The molecule has 0 spiro atoms. The molecule has 0 aliphatic carbocycles. The molecule has 18 heavy (non-hydrogen) atoms. The van der Waals surface area contributed by atoms with Crippen LogP contribution in [0.2, 0.25) is 0 Å². The van der Waals surface area contributed by atoms with Crippen LogP contribution in [0.5, 0.6) is 0 Å². The number of piperidine rings is 1. The molecule has 1 saturated heterocycles. The first-order valence-electron chi connectivity index (χ1n) is 7.13. The normalized spacial score (nSPS) is 20.8. The highest BCUT2D eigenvalue weighted by Gasteiger charge is 2.22. The first-order valence-corrected chi connectivity index (χ1v) is 7.13. The molecule has 1 aliphatic heterocycles. The van der Waals surface area contributed by atoms with Crippen molar-refractivity contribution in [2.75, 3.05) is 26.2 Å². The summed E-state index contributed by atoms with van der Waals surface area (Å²) in [4.78, 5) is 13.8. The van der Waals surface area contributed by atoms with E-state index in [-0.39, 0.29) is 5.91 Å². The van der Waals surface area contributed by atoms with Gasteiger partial charge >= 0.3 is 0 Å². The van der Waals surface area contributed by atoms with Crippen molar-refractivity contribution in [3.63, 3.8) is 0 Å². The molecule has 0 radical (unpaired) electrons. The van der Waals surface area contributed by atoms with Crippen LogP contribution in [-0.4, -0.2) is 47.7 Å². The lowest BCUT2D eigenvalue weighted by atomic mass is 9.94. The third-order valence-corrected chi connectivity index (χ3v) is 3.48. The van der Waals surface area contributed by atoms with Crippen LogP contribution in [0.3, 0.4) is 0 Å². The van der Waals surface area contributed by atoms with Crippen LogP contribution in [-0.2, 0) is 4.79 Å². The van der Waals surface area contributed by atoms with Gasteiger partial charge in [0.05, 0.1) is 5.60 Å². The largest absolute Gasteiger partial charge is 0.389 e. The first-order chi connectivity index (χ1) is 8.42.